The number of aromatic nitrogens is 2. The van der Waals surface area contributed by atoms with Crippen molar-refractivity contribution in [3.8, 4) is 0 Å². The number of carbonyl (C=O) groups is 1. The van der Waals surface area contributed by atoms with Crippen LogP contribution in [0.3, 0.4) is 0 Å². The number of amides is 1. The Hall–Kier alpha value is -3.82. The minimum Gasteiger partial charge on any atom is -0.382 e. The zero-order valence-electron chi connectivity index (χ0n) is 21.7. The molecule has 10 heteroatoms. The summed E-state index contributed by atoms with van der Waals surface area (Å²) in [4.78, 5) is 26.8. The second-order valence-corrected chi connectivity index (χ2v) is 9.08. The van der Waals surface area contributed by atoms with Gasteiger partial charge >= 0.3 is 0 Å². The molecule has 3 rings (SSSR count). The third-order valence-corrected chi connectivity index (χ3v) is 6.06. The quantitative estimate of drug-likeness (QED) is 0.330. The molecule has 0 aliphatic carbocycles. The summed E-state index contributed by atoms with van der Waals surface area (Å²) in [5.41, 5.74) is 8.60. The van der Waals surface area contributed by atoms with E-state index in [4.69, 9.17) is 10.7 Å². The van der Waals surface area contributed by atoms with E-state index < -0.39 is 17.5 Å². The lowest BCUT2D eigenvalue weighted by molar-refractivity contribution is 0.0952. The summed E-state index contributed by atoms with van der Waals surface area (Å²) in [5, 5.41) is 2.76. The molecule has 2 heterocycles. The minimum absolute atomic E-state index is 0.0408. The van der Waals surface area contributed by atoms with Crippen molar-refractivity contribution in [3.05, 3.63) is 70.6 Å². The van der Waals surface area contributed by atoms with Gasteiger partial charge in [-0.15, -0.1) is 0 Å². The van der Waals surface area contributed by atoms with E-state index in [2.05, 4.69) is 33.5 Å². The van der Waals surface area contributed by atoms with Gasteiger partial charge in [0.25, 0.3) is 5.91 Å². The van der Waals surface area contributed by atoms with Gasteiger partial charge in [-0.1, -0.05) is 13.3 Å². The highest BCUT2D eigenvalue weighted by atomic mass is 19.1. The van der Waals surface area contributed by atoms with Crippen LogP contribution < -0.4 is 16.0 Å². The second-order valence-electron chi connectivity index (χ2n) is 9.08. The number of aliphatic imine (C=N–C) groups is 2. The number of rotatable bonds is 12. The van der Waals surface area contributed by atoms with E-state index in [9.17, 15) is 13.6 Å². The SMILES string of the molecule is C=N/C=C\C=C1/Cc2c(nc(CCCC)n2CCCCNC(=O)c2cc(F)c(N(C)C)c(F)c2)C(N)=N1. The number of nitrogens with zero attached hydrogens (tertiary/aromatic N) is 5. The van der Waals surface area contributed by atoms with Crippen molar-refractivity contribution >= 4 is 24.1 Å². The fourth-order valence-electron chi connectivity index (χ4n) is 4.26. The number of amidine groups is 1. The van der Waals surface area contributed by atoms with Crippen LogP contribution in [0.25, 0.3) is 0 Å². The summed E-state index contributed by atoms with van der Waals surface area (Å²) in [6.45, 7) is 6.66. The van der Waals surface area contributed by atoms with Crippen LogP contribution in [-0.2, 0) is 19.4 Å². The first-order valence-corrected chi connectivity index (χ1v) is 12.5. The highest BCUT2D eigenvalue weighted by molar-refractivity contribution is 5.98. The first kappa shape index (κ1) is 27.8. The summed E-state index contributed by atoms with van der Waals surface area (Å²) in [6.07, 6.45) is 10.2. The van der Waals surface area contributed by atoms with Gasteiger partial charge in [0.2, 0.25) is 0 Å². The zero-order valence-corrected chi connectivity index (χ0v) is 21.7. The van der Waals surface area contributed by atoms with Crippen molar-refractivity contribution in [2.45, 2.75) is 52.0 Å². The van der Waals surface area contributed by atoms with E-state index >= 15 is 0 Å². The lowest BCUT2D eigenvalue weighted by atomic mass is 10.1. The van der Waals surface area contributed by atoms with Crippen LogP contribution in [0.4, 0.5) is 14.5 Å². The van der Waals surface area contributed by atoms with E-state index in [1.54, 1.807) is 26.4 Å². The van der Waals surface area contributed by atoms with Crippen LogP contribution in [0, 0.1) is 11.6 Å². The summed E-state index contributed by atoms with van der Waals surface area (Å²) in [5.74, 6) is -0.673. The van der Waals surface area contributed by atoms with E-state index in [-0.39, 0.29) is 11.3 Å². The maximum absolute atomic E-state index is 14.2. The number of allylic oxidation sites excluding steroid dienone is 3. The van der Waals surface area contributed by atoms with Gasteiger partial charge < -0.3 is 20.5 Å². The van der Waals surface area contributed by atoms with Gasteiger partial charge in [-0.3, -0.25) is 9.79 Å². The Balaban J connectivity index is 1.64. The van der Waals surface area contributed by atoms with E-state index in [0.717, 1.165) is 60.7 Å². The molecule has 0 radical (unpaired) electrons. The number of hydrogen-bond donors (Lipinski definition) is 2. The van der Waals surface area contributed by atoms with E-state index in [1.807, 2.05) is 6.08 Å². The second kappa shape index (κ2) is 12.9. The topological polar surface area (TPSA) is 101 Å². The third-order valence-electron chi connectivity index (χ3n) is 6.06. The molecule has 2 aromatic rings. The molecule has 0 saturated heterocycles. The van der Waals surface area contributed by atoms with Gasteiger partial charge in [0, 0.05) is 57.5 Å². The predicted molar refractivity (Wildman–Crippen MR) is 144 cm³/mol. The molecule has 0 unspecified atom stereocenters. The molecular formula is C27H35F2N7O. The van der Waals surface area contributed by atoms with Crippen molar-refractivity contribution in [1.29, 1.82) is 0 Å². The Morgan fingerprint density at radius 1 is 1.27 bits per heavy atom. The van der Waals surface area contributed by atoms with Crippen molar-refractivity contribution in [2.75, 3.05) is 25.5 Å². The molecule has 1 aromatic carbocycles. The van der Waals surface area contributed by atoms with Crippen molar-refractivity contribution in [3.63, 3.8) is 0 Å². The molecule has 1 aliphatic heterocycles. The summed E-state index contributed by atoms with van der Waals surface area (Å²) in [6, 6.07) is 2.12. The first-order chi connectivity index (χ1) is 17.8. The molecule has 8 nitrogen and oxygen atoms in total. The molecule has 1 aromatic heterocycles. The molecule has 1 amide bonds. The maximum atomic E-state index is 14.2. The van der Waals surface area contributed by atoms with Gasteiger partial charge in [0.1, 0.15) is 28.8 Å². The summed E-state index contributed by atoms with van der Waals surface area (Å²) in [7, 11) is 3.09. The Morgan fingerprint density at radius 2 is 2.00 bits per heavy atom. The number of fused-ring (bicyclic) bond motifs is 1. The number of hydrogen-bond acceptors (Lipinski definition) is 6. The molecule has 0 bridgehead atoms. The Bertz CT molecular complexity index is 1200. The number of nitrogens with one attached hydrogen (secondary N) is 1. The van der Waals surface area contributed by atoms with Gasteiger partial charge in [0.15, 0.2) is 5.84 Å². The van der Waals surface area contributed by atoms with Crippen molar-refractivity contribution < 1.29 is 13.6 Å². The highest BCUT2D eigenvalue weighted by Gasteiger charge is 2.24. The zero-order chi connectivity index (χ0) is 26.9. The Labute approximate surface area is 216 Å². The maximum Gasteiger partial charge on any atom is 0.251 e. The number of aryl methyl sites for hydroxylation is 1. The van der Waals surface area contributed by atoms with Gasteiger partial charge in [-0.05, 0) is 50.3 Å². The molecule has 198 valence electrons. The van der Waals surface area contributed by atoms with E-state index in [1.165, 1.54) is 4.90 Å². The molecule has 0 atom stereocenters. The molecule has 0 spiro atoms. The molecular weight excluding hydrogens is 476 g/mol. The summed E-state index contributed by atoms with van der Waals surface area (Å²) >= 11 is 0. The minimum atomic E-state index is -0.771. The first-order valence-electron chi connectivity index (χ1n) is 12.5. The highest BCUT2D eigenvalue weighted by Crippen LogP contribution is 2.25. The number of anilines is 1. The third kappa shape index (κ3) is 6.90. The molecule has 3 N–H and O–H groups in total. The smallest absolute Gasteiger partial charge is 0.251 e. The van der Waals surface area contributed by atoms with Crippen molar-refractivity contribution in [2.24, 2.45) is 15.7 Å². The van der Waals surface area contributed by atoms with Crippen LogP contribution in [-0.4, -0.2) is 48.7 Å². The lowest BCUT2D eigenvalue weighted by Crippen LogP contribution is -2.25. The monoisotopic (exact) mass is 511 g/mol. The number of carbonyl (C=O) groups excluding carboxylic acids is 1. The fraction of sp³-hybridized carbons (Fsp3) is 0.407. The van der Waals surface area contributed by atoms with Crippen LogP contribution in [0.2, 0.25) is 0 Å². The fourth-order valence-corrected chi connectivity index (χ4v) is 4.26. The molecule has 0 fully saturated rings. The number of halogens is 2. The average molecular weight is 512 g/mol. The largest absolute Gasteiger partial charge is 0.382 e. The summed E-state index contributed by atoms with van der Waals surface area (Å²) < 4.78 is 30.7. The molecule has 1 aliphatic rings. The lowest BCUT2D eigenvalue weighted by Gasteiger charge is -2.16. The van der Waals surface area contributed by atoms with Gasteiger partial charge in [0.05, 0.1) is 5.69 Å². The van der Waals surface area contributed by atoms with Crippen molar-refractivity contribution in [1.82, 2.24) is 14.9 Å². The van der Waals surface area contributed by atoms with Crippen LogP contribution in [0.1, 0.15) is 60.2 Å². The van der Waals surface area contributed by atoms with Gasteiger partial charge in [-0.2, -0.15) is 0 Å². The number of unbranched alkanes of at least 4 members (excludes halogenated alkanes) is 2. The molecule has 37 heavy (non-hydrogen) atoms. The average Bonchev–Trinajstić information content (AvgIpc) is 3.19. The number of nitrogens with two attached hydrogens (primary N) is 1. The standard InChI is InChI=1S/C27H35F2N7O/c1-5-6-11-23-34-24-22(17-19(33-26(24)30)10-9-12-31-2)36(23)14-8-7-13-32-27(37)18-15-20(28)25(35(3)4)21(29)16-18/h9-10,12,15-16H,2,5-8,11,13-14,17H2,1,3-4H3,(H2,30,33)(H,32,37)/b12-9-,19-10+. The van der Waals surface area contributed by atoms with Gasteiger partial charge in [-0.25, -0.2) is 18.8 Å². The Kier molecular flexibility index (Phi) is 9.71. The normalized spacial score (nSPS) is 14.1. The Morgan fingerprint density at radius 3 is 2.65 bits per heavy atom. The number of benzene rings is 1. The van der Waals surface area contributed by atoms with Crippen LogP contribution in [0.5, 0.6) is 0 Å². The van der Waals surface area contributed by atoms with Crippen LogP contribution >= 0.6 is 0 Å². The predicted octanol–water partition coefficient (Wildman–Crippen LogP) is 4.14. The number of imidazole rings is 1. The molecule has 0 saturated carbocycles. The van der Waals surface area contributed by atoms with Crippen LogP contribution in [0.15, 0.2) is 46.2 Å². The van der Waals surface area contributed by atoms with E-state index in [0.29, 0.717) is 31.8 Å².